The minimum absolute atomic E-state index is 0.230. The van der Waals surface area contributed by atoms with Crippen LogP contribution in [0.2, 0.25) is 0 Å². The van der Waals surface area contributed by atoms with Gasteiger partial charge in [0.15, 0.2) is 17.0 Å². The number of aryl methyl sites for hydroxylation is 2. The molecule has 4 aromatic carbocycles. The van der Waals surface area contributed by atoms with E-state index < -0.39 is 5.82 Å². The smallest absolute Gasteiger partial charge is 0.209 e. The molecular formula is C31H25FN6O2. The van der Waals surface area contributed by atoms with E-state index in [-0.39, 0.29) is 5.75 Å². The number of imidazole rings is 1. The molecule has 0 fully saturated rings. The molecule has 2 aromatic heterocycles. The highest BCUT2D eigenvalue weighted by Crippen LogP contribution is 2.32. The standard InChI is InChI=1S/C31H25FN6O2/c32-22-11-16-26(27(39)19-22)36-29-28-30(34-20-33-29)38(18-17-21-7-3-1-4-8-21)31(37-28)35-23-12-14-25(15-13-23)40-24-9-5-2-6-10-24/h1-16,19-20,39H,17-18H2,(H,35,37)(H,33,34,36). The summed E-state index contributed by atoms with van der Waals surface area (Å²) < 4.78 is 21.4. The first kappa shape index (κ1) is 24.9. The van der Waals surface area contributed by atoms with Gasteiger partial charge >= 0.3 is 0 Å². The van der Waals surface area contributed by atoms with Crippen LogP contribution in [0.25, 0.3) is 11.2 Å². The van der Waals surface area contributed by atoms with E-state index in [1.54, 1.807) is 0 Å². The third kappa shape index (κ3) is 5.53. The number of para-hydroxylation sites is 1. The number of benzene rings is 4. The number of nitrogens with one attached hydrogen (secondary N) is 2. The maximum absolute atomic E-state index is 13.5. The Morgan fingerprint density at radius 1 is 0.800 bits per heavy atom. The predicted molar refractivity (Wildman–Crippen MR) is 153 cm³/mol. The van der Waals surface area contributed by atoms with E-state index in [0.717, 1.165) is 23.9 Å². The lowest BCUT2D eigenvalue weighted by Crippen LogP contribution is -2.07. The van der Waals surface area contributed by atoms with E-state index in [9.17, 15) is 9.50 Å². The van der Waals surface area contributed by atoms with Crippen molar-refractivity contribution in [2.75, 3.05) is 10.6 Å². The summed E-state index contributed by atoms with van der Waals surface area (Å²) in [6.45, 7) is 0.607. The highest BCUT2D eigenvalue weighted by atomic mass is 19.1. The molecule has 198 valence electrons. The average molecular weight is 533 g/mol. The van der Waals surface area contributed by atoms with Gasteiger partial charge in [-0.15, -0.1) is 0 Å². The highest BCUT2D eigenvalue weighted by molar-refractivity contribution is 5.88. The van der Waals surface area contributed by atoms with Crippen LogP contribution in [0.5, 0.6) is 17.2 Å². The van der Waals surface area contributed by atoms with Crippen molar-refractivity contribution in [3.8, 4) is 17.2 Å². The second-order valence-corrected chi connectivity index (χ2v) is 9.07. The van der Waals surface area contributed by atoms with Gasteiger partial charge in [-0.1, -0.05) is 48.5 Å². The predicted octanol–water partition coefficient (Wildman–Crippen LogP) is 7.19. The van der Waals surface area contributed by atoms with Gasteiger partial charge in [-0.3, -0.25) is 4.57 Å². The molecular weight excluding hydrogens is 507 g/mol. The quantitative estimate of drug-likeness (QED) is 0.170. The number of aromatic nitrogens is 4. The highest BCUT2D eigenvalue weighted by Gasteiger charge is 2.17. The van der Waals surface area contributed by atoms with Gasteiger partial charge in [-0.05, 0) is 60.5 Å². The molecule has 0 unspecified atom stereocenters. The first-order valence-corrected chi connectivity index (χ1v) is 12.7. The molecule has 0 atom stereocenters. The monoisotopic (exact) mass is 532 g/mol. The van der Waals surface area contributed by atoms with Crippen molar-refractivity contribution in [3.63, 3.8) is 0 Å². The van der Waals surface area contributed by atoms with E-state index >= 15 is 0 Å². The summed E-state index contributed by atoms with van der Waals surface area (Å²) in [6, 6.07) is 31.1. The van der Waals surface area contributed by atoms with E-state index in [1.807, 2.05) is 77.4 Å². The molecule has 0 spiro atoms. The van der Waals surface area contributed by atoms with Gasteiger partial charge in [0.1, 0.15) is 29.4 Å². The number of hydrogen-bond acceptors (Lipinski definition) is 7. The SMILES string of the molecule is Oc1cc(F)ccc1Nc1ncnc2c1nc(Nc1ccc(Oc3ccccc3)cc1)n2CCc1ccccc1. The van der Waals surface area contributed by atoms with Gasteiger partial charge in [0.25, 0.3) is 0 Å². The lowest BCUT2D eigenvalue weighted by atomic mass is 10.1. The number of ether oxygens (including phenoxy) is 1. The molecule has 8 nitrogen and oxygen atoms in total. The van der Waals surface area contributed by atoms with Crippen molar-refractivity contribution in [2.24, 2.45) is 0 Å². The van der Waals surface area contributed by atoms with Crippen molar-refractivity contribution in [2.45, 2.75) is 13.0 Å². The van der Waals surface area contributed by atoms with E-state index in [0.29, 0.717) is 40.9 Å². The van der Waals surface area contributed by atoms with Crippen LogP contribution in [0.3, 0.4) is 0 Å². The molecule has 6 aromatic rings. The molecule has 0 aliphatic heterocycles. The number of halogens is 1. The lowest BCUT2D eigenvalue weighted by molar-refractivity contribution is 0.471. The van der Waals surface area contributed by atoms with Crippen molar-refractivity contribution >= 4 is 34.3 Å². The minimum atomic E-state index is -0.534. The molecule has 2 heterocycles. The fourth-order valence-electron chi connectivity index (χ4n) is 4.32. The number of anilines is 4. The van der Waals surface area contributed by atoms with Crippen molar-refractivity contribution in [1.82, 2.24) is 19.5 Å². The molecule has 3 N–H and O–H groups in total. The second kappa shape index (κ2) is 11.1. The van der Waals surface area contributed by atoms with Crippen LogP contribution < -0.4 is 15.4 Å². The van der Waals surface area contributed by atoms with Crippen LogP contribution in [0.4, 0.5) is 27.5 Å². The lowest BCUT2D eigenvalue weighted by Gasteiger charge is -2.11. The summed E-state index contributed by atoms with van der Waals surface area (Å²) in [5.74, 6) is 1.68. The van der Waals surface area contributed by atoms with Crippen molar-refractivity contribution < 1.29 is 14.2 Å². The Hall–Kier alpha value is -5.44. The first-order valence-electron chi connectivity index (χ1n) is 12.7. The van der Waals surface area contributed by atoms with E-state index in [1.165, 1.54) is 24.0 Å². The van der Waals surface area contributed by atoms with E-state index in [4.69, 9.17) is 9.72 Å². The molecule has 40 heavy (non-hydrogen) atoms. The Kier molecular flexibility index (Phi) is 6.92. The van der Waals surface area contributed by atoms with Crippen molar-refractivity contribution in [3.05, 3.63) is 121 Å². The molecule has 0 radical (unpaired) electrons. The van der Waals surface area contributed by atoms with Gasteiger partial charge in [0, 0.05) is 18.3 Å². The second-order valence-electron chi connectivity index (χ2n) is 9.07. The number of rotatable bonds is 9. The Balaban J connectivity index is 1.32. The molecule has 0 bridgehead atoms. The van der Waals surface area contributed by atoms with Crippen molar-refractivity contribution in [1.29, 1.82) is 0 Å². The van der Waals surface area contributed by atoms with E-state index in [2.05, 4.69) is 32.7 Å². The molecule has 0 saturated heterocycles. The molecule has 6 rings (SSSR count). The number of aromatic hydroxyl groups is 1. The summed E-state index contributed by atoms with van der Waals surface area (Å²) in [4.78, 5) is 13.7. The van der Waals surface area contributed by atoms with Crippen LogP contribution in [0.1, 0.15) is 5.56 Å². The fourth-order valence-corrected chi connectivity index (χ4v) is 4.32. The Labute approximate surface area is 229 Å². The minimum Gasteiger partial charge on any atom is -0.506 e. The zero-order valence-corrected chi connectivity index (χ0v) is 21.3. The third-order valence-corrected chi connectivity index (χ3v) is 6.30. The van der Waals surface area contributed by atoms with Gasteiger partial charge < -0.3 is 20.5 Å². The third-order valence-electron chi connectivity index (χ3n) is 6.30. The normalized spacial score (nSPS) is 10.9. The summed E-state index contributed by atoms with van der Waals surface area (Å²) in [7, 11) is 0. The topological polar surface area (TPSA) is 97.1 Å². The van der Waals surface area contributed by atoms with Gasteiger partial charge in [-0.25, -0.2) is 19.3 Å². The van der Waals surface area contributed by atoms with Crippen LogP contribution in [-0.4, -0.2) is 24.6 Å². The first-order chi connectivity index (χ1) is 19.6. The molecule has 0 saturated carbocycles. The van der Waals surface area contributed by atoms with Gasteiger partial charge in [0.05, 0.1) is 5.69 Å². The number of fused-ring (bicyclic) bond motifs is 1. The molecule has 0 aliphatic rings. The molecule has 0 aliphatic carbocycles. The van der Waals surface area contributed by atoms with Crippen LogP contribution in [0.15, 0.2) is 109 Å². The van der Waals surface area contributed by atoms with Crippen LogP contribution in [-0.2, 0) is 13.0 Å². The Morgan fingerprint density at radius 3 is 2.27 bits per heavy atom. The molecule has 0 amide bonds. The number of phenolic OH excluding ortho intramolecular Hbond substituents is 1. The van der Waals surface area contributed by atoms with Gasteiger partial charge in [-0.2, -0.15) is 0 Å². The van der Waals surface area contributed by atoms with Crippen LogP contribution in [0, 0.1) is 5.82 Å². The summed E-state index contributed by atoms with van der Waals surface area (Å²) >= 11 is 0. The number of phenols is 1. The number of hydrogen-bond donors (Lipinski definition) is 3. The fraction of sp³-hybridized carbons (Fsp3) is 0.0645. The maximum atomic E-state index is 13.5. The largest absolute Gasteiger partial charge is 0.506 e. The zero-order valence-electron chi connectivity index (χ0n) is 21.3. The molecule has 9 heteroatoms. The maximum Gasteiger partial charge on any atom is 0.209 e. The van der Waals surface area contributed by atoms with Gasteiger partial charge in [0.2, 0.25) is 5.95 Å². The van der Waals surface area contributed by atoms with Crippen LogP contribution >= 0.6 is 0 Å². The summed E-state index contributed by atoms with van der Waals surface area (Å²) in [6.07, 6.45) is 2.20. The Morgan fingerprint density at radius 2 is 1.52 bits per heavy atom. The summed E-state index contributed by atoms with van der Waals surface area (Å²) in [5.41, 5.74) is 3.42. The number of nitrogens with zero attached hydrogens (tertiary/aromatic N) is 4. The zero-order chi connectivity index (χ0) is 27.3. The Bertz CT molecular complexity index is 1740. The summed E-state index contributed by atoms with van der Waals surface area (Å²) in [5, 5.41) is 16.7. The average Bonchev–Trinajstić information content (AvgIpc) is 3.33.